The van der Waals surface area contributed by atoms with E-state index in [4.69, 9.17) is 4.74 Å². The lowest BCUT2D eigenvalue weighted by molar-refractivity contribution is 0.0953. The van der Waals surface area contributed by atoms with Gasteiger partial charge in [0, 0.05) is 17.8 Å². The van der Waals surface area contributed by atoms with Crippen LogP contribution in [0.2, 0.25) is 0 Å². The Balaban J connectivity index is 1.49. The van der Waals surface area contributed by atoms with Gasteiger partial charge in [-0.1, -0.05) is 29.8 Å². The Labute approximate surface area is 196 Å². The number of aryl methyl sites for hydroxylation is 2. The third-order valence-corrected chi connectivity index (χ3v) is 6.33. The van der Waals surface area contributed by atoms with Crippen LogP contribution < -0.4 is 14.8 Å². The molecule has 0 radical (unpaired) electrons. The van der Waals surface area contributed by atoms with Crippen LogP contribution in [0.4, 0.5) is 5.69 Å². The number of nitrogens with one attached hydrogen (secondary N) is 2. The molecule has 0 bridgehead atoms. The number of rotatable bonds is 10. The molecule has 0 aliphatic carbocycles. The molecule has 3 aromatic carbocycles. The molecule has 2 N–H and O–H groups in total. The highest BCUT2D eigenvalue weighted by molar-refractivity contribution is 7.92. The van der Waals surface area contributed by atoms with Gasteiger partial charge in [0.05, 0.1) is 11.0 Å². The number of hydrogen-bond acceptors (Lipinski definition) is 4. The quantitative estimate of drug-likeness (QED) is 0.414. The summed E-state index contributed by atoms with van der Waals surface area (Å²) in [5.74, 6) is 0.657. The van der Waals surface area contributed by atoms with Crippen molar-refractivity contribution >= 4 is 21.6 Å². The number of ether oxygens (including phenoxy) is 1. The van der Waals surface area contributed by atoms with Gasteiger partial charge in [0.15, 0.2) is 0 Å². The van der Waals surface area contributed by atoms with Crippen LogP contribution in [0.1, 0.15) is 41.8 Å². The molecule has 6 nitrogen and oxygen atoms in total. The summed E-state index contributed by atoms with van der Waals surface area (Å²) in [6, 6.07) is 21.0. The minimum absolute atomic E-state index is 0.129. The van der Waals surface area contributed by atoms with Crippen molar-refractivity contribution in [3.63, 3.8) is 0 Å². The van der Waals surface area contributed by atoms with Crippen molar-refractivity contribution in [3.8, 4) is 5.75 Å². The zero-order valence-electron chi connectivity index (χ0n) is 19.2. The fourth-order valence-corrected chi connectivity index (χ4v) is 4.32. The lowest BCUT2D eigenvalue weighted by Gasteiger charge is -2.11. The number of carbonyl (C=O) groups excluding carboxylic acids is 1. The van der Waals surface area contributed by atoms with Gasteiger partial charge >= 0.3 is 0 Å². The van der Waals surface area contributed by atoms with Crippen molar-refractivity contribution in [2.45, 2.75) is 44.6 Å². The summed E-state index contributed by atoms with van der Waals surface area (Å²) >= 11 is 0. The van der Waals surface area contributed by atoms with Crippen LogP contribution in [-0.2, 0) is 16.4 Å². The third-order valence-electron chi connectivity index (χ3n) is 4.93. The number of benzene rings is 3. The summed E-state index contributed by atoms with van der Waals surface area (Å²) in [4.78, 5) is 12.6. The average Bonchev–Trinajstić information content (AvgIpc) is 2.77. The Hall–Kier alpha value is -3.32. The van der Waals surface area contributed by atoms with Crippen molar-refractivity contribution in [2.24, 2.45) is 0 Å². The van der Waals surface area contributed by atoms with Crippen LogP contribution in [0.5, 0.6) is 5.75 Å². The summed E-state index contributed by atoms with van der Waals surface area (Å²) in [6.07, 6.45) is 1.75. The van der Waals surface area contributed by atoms with E-state index >= 15 is 0 Å². The van der Waals surface area contributed by atoms with Crippen LogP contribution in [0, 0.1) is 6.92 Å². The molecule has 0 aliphatic heterocycles. The first kappa shape index (κ1) is 24.3. The molecule has 0 saturated heterocycles. The maximum atomic E-state index is 12.5. The molecule has 174 valence electrons. The van der Waals surface area contributed by atoms with Gasteiger partial charge in [-0.2, -0.15) is 0 Å². The first-order valence-corrected chi connectivity index (χ1v) is 12.4. The topological polar surface area (TPSA) is 84.5 Å². The van der Waals surface area contributed by atoms with Gasteiger partial charge in [-0.3, -0.25) is 9.52 Å². The molecule has 0 atom stereocenters. The van der Waals surface area contributed by atoms with Gasteiger partial charge in [0.25, 0.3) is 15.9 Å². The summed E-state index contributed by atoms with van der Waals surface area (Å²) in [5.41, 5.74) is 3.02. The third kappa shape index (κ3) is 7.36. The number of hydrogen-bond donors (Lipinski definition) is 2. The van der Waals surface area contributed by atoms with E-state index in [1.165, 1.54) is 0 Å². The van der Waals surface area contributed by atoms with Gasteiger partial charge in [-0.05, 0) is 87.7 Å². The maximum absolute atomic E-state index is 12.5. The van der Waals surface area contributed by atoms with Crippen LogP contribution >= 0.6 is 0 Å². The lowest BCUT2D eigenvalue weighted by atomic mass is 10.1. The molecule has 0 spiro atoms. The molecule has 3 rings (SSSR count). The molecule has 0 unspecified atom stereocenters. The zero-order chi connectivity index (χ0) is 23.8. The molecular formula is C26H30N2O4S. The Morgan fingerprint density at radius 3 is 2.33 bits per heavy atom. The molecular weight excluding hydrogens is 436 g/mol. The summed E-state index contributed by atoms with van der Waals surface area (Å²) in [7, 11) is -3.68. The fourth-order valence-electron chi connectivity index (χ4n) is 3.26. The van der Waals surface area contributed by atoms with E-state index in [1.54, 1.807) is 48.5 Å². The largest absolute Gasteiger partial charge is 0.491 e. The Morgan fingerprint density at radius 1 is 0.970 bits per heavy atom. The van der Waals surface area contributed by atoms with Gasteiger partial charge in [0.1, 0.15) is 5.75 Å². The molecule has 7 heteroatoms. The van der Waals surface area contributed by atoms with Crippen LogP contribution in [0.25, 0.3) is 0 Å². The predicted molar refractivity (Wildman–Crippen MR) is 131 cm³/mol. The smallest absolute Gasteiger partial charge is 0.261 e. The van der Waals surface area contributed by atoms with E-state index in [2.05, 4.69) is 10.0 Å². The second-order valence-corrected chi connectivity index (χ2v) is 9.85. The van der Waals surface area contributed by atoms with Crippen LogP contribution in [0.3, 0.4) is 0 Å². The van der Waals surface area contributed by atoms with E-state index < -0.39 is 10.0 Å². The van der Waals surface area contributed by atoms with Crippen molar-refractivity contribution in [3.05, 3.63) is 89.5 Å². The summed E-state index contributed by atoms with van der Waals surface area (Å²) in [5, 5.41) is 2.91. The molecule has 1 amide bonds. The molecule has 0 aliphatic rings. The molecule has 0 heterocycles. The molecule has 33 heavy (non-hydrogen) atoms. The van der Waals surface area contributed by atoms with Crippen LogP contribution in [-0.4, -0.2) is 27.0 Å². The predicted octanol–water partition coefficient (Wildman–Crippen LogP) is 4.95. The first-order chi connectivity index (χ1) is 15.7. The van der Waals surface area contributed by atoms with Crippen molar-refractivity contribution in [2.75, 3.05) is 11.3 Å². The number of amides is 1. The van der Waals surface area contributed by atoms with Crippen molar-refractivity contribution < 1.29 is 17.9 Å². The van der Waals surface area contributed by atoms with Crippen LogP contribution in [0.15, 0.2) is 77.7 Å². The molecule has 0 aromatic heterocycles. The number of carbonyl (C=O) groups is 1. The van der Waals surface area contributed by atoms with Crippen molar-refractivity contribution in [1.29, 1.82) is 0 Å². The Bertz CT molecular complexity index is 1170. The molecule has 0 fully saturated rings. The second kappa shape index (κ2) is 11.0. The fraction of sp³-hybridized carbons (Fsp3) is 0.269. The highest BCUT2D eigenvalue weighted by Gasteiger charge is 2.14. The maximum Gasteiger partial charge on any atom is 0.261 e. The van der Waals surface area contributed by atoms with E-state index in [0.717, 1.165) is 29.7 Å². The van der Waals surface area contributed by atoms with Gasteiger partial charge in [0.2, 0.25) is 0 Å². The monoisotopic (exact) mass is 466 g/mol. The summed E-state index contributed by atoms with van der Waals surface area (Å²) in [6.45, 7) is 6.42. The Kier molecular flexibility index (Phi) is 8.11. The zero-order valence-corrected chi connectivity index (χ0v) is 20.0. The SMILES string of the molecule is Cc1ccc(S(=O)(=O)Nc2ccc(C(=O)NCCCc3cccc(OC(C)C)c3)cc2)cc1. The molecule has 0 saturated carbocycles. The van der Waals surface area contributed by atoms with Gasteiger partial charge < -0.3 is 10.1 Å². The number of sulfonamides is 1. The average molecular weight is 467 g/mol. The Morgan fingerprint density at radius 2 is 1.67 bits per heavy atom. The van der Waals surface area contributed by atoms with E-state index in [1.807, 2.05) is 45.0 Å². The normalized spacial score (nSPS) is 11.3. The van der Waals surface area contributed by atoms with Gasteiger partial charge in [-0.25, -0.2) is 8.42 Å². The minimum Gasteiger partial charge on any atom is -0.491 e. The second-order valence-electron chi connectivity index (χ2n) is 8.17. The van der Waals surface area contributed by atoms with E-state index in [9.17, 15) is 13.2 Å². The minimum atomic E-state index is -3.68. The van der Waals surface area contributed by atoms with E-state index in [-0.39, 0.29) is 16.9 Å². The molecule has 3 aromatic rings. The van der Waals surface area contributed by atoms with Gasteiger partial charge in [-0.15, -0.1) is 0 Å². The lowest BCUT2D eigenvalue weighted by Crippen LogP contribution is -2.24. The first-order valence-electron chi connectivity index (χ1n) is 11.0. The van der Waals surface area contributed by atoms with Crippen molar-refractivity contribution in [1.82, 2.24) is 5.32 Å². The standard InChI is InChI=1S/C26H30N2O4S/c1-19(2)32-24-8-4-6-21(18-24)7-5-17-27-26(29)22-11-13-23(14-12-22)28-33(30,31)25-15-9-20(3)10-16-25/h4,6,8-16,18-19,28H,5,7,17H2,1-3H3,(H,27,29). The highest BCUT2D eigenvalue weighted by atomic mass is 32.2. The van der Waals surface area contributed by atoms with E-state index in [0.29, 0.717) is 17.8 Å². The highest BCUT2D eigenvalue weighted by Crippen LogP contribution is 2.18. The number of anilines is 1. The summed E-state index contributed by atoms with van der Waals surface area (Å²) < 4.78 is 33.2.